The van der Waals surface area contributed by atoms with Crippen LogP contribution in [-0.4, -0.2) is 29.2 Å². The van der Waals surface area contributed by atoms with Gasteiger partial charge < -0.3 is 10.5 Å². The number of carbonyl (C=O) groups excluding carboxylic acids is 1. The standard InChI is InChI=1S/C16H24N2O2/c1-16(2,3)20-15(19)18-11-13(17)9-10-14(18)12-7-5-4-6-8-12/h4-8,13-14H,9-11,17H2,1-3H3/t13-,14-/m1/s1. The van der Waals surface area contributed by atoms with Crippen LogP contribution in [0.25, 0.3) is 0 Å². The number of ether oxygens (including phenoxy) is 1. The lowest BCUT2D eigenvalue weighted by Gasteiger charge is -2.39. The molecule has 1 aromatic carbocycles. The monoisotopic (exact) mass is 276 g/mol. The Labute approximate surface area is 120 Å². The minimum absolute atomic E-state index is 0.0301. The molecule has 0 bridgehead atoms. The molecule has 110 valence electrons. The van der Waals surface area contributed by atoms with Crippen molar-refractivity contribution in [1.82, 2.24) is 4.90 Å². The molecule has 0 spiro atoms. The third-order valence-electron chi connectivity index (χ3n) is 3.43. The van der Waals surface area contributed by atoms with Crippen molar-refractivity contribution in [2.45, 2.75) is 51.3 Å². The summed E-state index contributed by atoms with van der Waals surface area (Å²) in [7, 11) is 0. The summed E-state index contributed by atoms with van der Waals surface area (Å²) in [5, 5.41) is 0. The molecule has 1 fully saturated rings. The van der Waals surface area contributed by atoms with E-state index in [1.807, 2.05) is 39.0 Å². The topological polar surface area (TPSA) is 55.6 Å². The largest absolute Gasteiger partial charge is 0.444 e. The Kier molecular flexibility index (Phi) is 4.33. The van der Waals surface area contributed by atoms with Crippen LogP contribution >= 0.6 is 0 Å². The Morgan fingerprint density at radius 2 is 1.90 bits per heavy atom. The number of rotatable bonds is 1. The van der Waals surface area contributed by atoms with Gasteiger partial charge in [-0.05, 0) is 39.2 Å². The number of nitrogens with zero attached hydrogens (tertiary/aromatic N) is 1. The van der Waals surface area contributed by atoms with Crippen molar-refractivity contribution < 1.29 is 9.53 Å². The number of benzene rings is 1. The van der Waals surface area contributed by atoms with E-state index in [-0.39, 0.29) is 18.2 Å². The molecule has 4 nitrogen and oxygen atoms in total. The van der Waals surface area contributed by atoms with Gasteiger partial charge in [-0.1, -0.05) is 30.3 Å². The van der Waals surface area contributed by atoms with Crippen LogP contribution < -0.4 is 5.73 Å². The van der Waals surface area contributed by atoms with Crippen molar-refractivity contribution in [3.8, 4) is 0 Å². The van der Waals surface area contributed by atoms with E-state index < -0.39 is 5.60 Å². The molecule has 1 amide bonds. The zero-order valence-corrected chi connectivity index (χ0v) is 12.5. The fourth-order valence-corrected chi connectivity index (χ4v) is 2.54. The number of amides is 1. The van der Waals surface area contributed by atoms with Crippen LogP contribution in [0.5, 0.6) is 0 Å². The van der Waals surface area contributed by atoms with Crippen molar-refractivity contribution in [2.75, 3.05) is 6.54 Å². The molecule has 0 aromatic heterocycles. The van der Waals surface area contributed by atoms with Gasteiger partial charge in [0.1, 0.15) is 5.60 Å². The van der Waals surface area contributed by atoms with Crippen molar-refractivity contribution in [1.29, 1.82) is 0 Å². The Balaban J connectivity index is 2.19. The highest BCUT2D eigenvalue weighted by Gasteiger charge is 2.33. The van der Waals surface area contributed by atoms with Crippen LogP contribution in [0.15, 0.2) is 30.3 Å². The molecule has 2 rings (SSSR count). The fourth-order valence-electron chi connectivity index (χ4n) is 2.54. The maximum Gasteiger partial charge on any atom is 0.410 e. The van der Waals surface area contributed by atoms with E-state index in [2.05, 4.69) is 12.1 Å². The van der Waals surface area contributed by atoms with Gasteiger partial charge in [0.2, 0.25) is 0 Å². The van der Waals surface area contributed by atoms with E-state index >= 15 is 0 Å². The first-order valence-electron chi connectivity index (χ1n) is 7.17. The first-order valence-corrected chi connectivity index (χ1v) is 7.17. The SMILES string of the molecule is CC(C)(C)OC(=O)N1C[C@H](N)CC[C@@H]1c1ccccc1. The predicted octanol–water partition coefficient (Wildman–Crippen LogP) is 3.09. The average molecular weight is 276 g/mol. The summed E-state index contributed by atoms with van der Waals surface area (Å²) in [6.45, 7) is 6.19. The molecule has 0 aliphatic carbocycles. The summed E-state index contributed by atoms with van der Waals surface area (Å²) in [5.74, 6) is 0. The van der Waals surface area contributed by atoms with Crippen LogP contribution in [0.2, 0.25) is 0 Å². The molecule has 2 atom stereocenters. The second kappa shape index (κ2) is 5.83. The molecule has 0 unspecified atom stereocenters. The highest BCUT2D eigenvalue weighted by Crippen LogP contribution is 2.31. The fraction of sp³-hybridized carbons (Fsp3) is 0.562. The molecule has 0 saturated carbocycles. The molecule has 2 N–H and O–H groups in total. The maximum atomic E-state index is 12.4. The summed E-state index contributed by atoms with van der Waals surface area (Å²) in [5.41, 5.74) is 6.68. The Morgan fingerprint density at radius 3 is 2.50 bits per heavy atom. The van der Waals surface area contributed by atoms with Gasteiger partial charge in [-0.25, -0.2) is 4.79 Å². The van der Waals surface area contributed by atoms with Gasteiger partial charge >= 0.3 is 6.09 Å². The lowest BCUT2D eigenvalue weighted by molar-refractivity contribution is 0.00731. The molecular weight excluding hydrogens is 252 g/mol. The molecule has 1 heterocycles. The Hall–Kier alpha value is -1.55. The maximum absolute atomic E-state index is 12.4. The normalized spacial score (nSPS) is 23.5. The third kappa shape index (κ3) is 3.73. The molecule has 1 saturated heterocycles. The van der Waals surface area contributed by atoms with Gasteiger partial charge in [0, 0.05) is 12.6 Å². The van der Waals surface area contributed by atoms with Gasteiger partial charge in [-0.2, -0.15) is 0 Å². The number of hydrogen-bond acceptors (Lipinski definition) is 3. The first-order chi connectivity index (χ1) is 9.37. The smallest absolute Gasteiger partial charge is 0.410 e. The summed E-state index contributed by atoms with van der Waals surface area (Å²) in [4.78, 5) is 14.2. The van der Waals surface area contributed by atoms with Gasteiger partial charge in [0.15, 0.2) is 0 Å². The van der Waals surface area contributed by atoms with Gasteiger partial charge in [0.25, 0.3) is 0 Å². The van der Waals surface area contributed by atoms with Crippen molar-refractivity contribution in [3.05, 3.63) is 35.9 Å². The van der Waals surface area contributed by atoms with Crippen LogP contribution in [-0.2, 0) is 4.74 Å². The van der Waals surface area contributed by atoms with Crippen LogP contribution in [0.3, 0.4) is 0 Å². The Bertz CT molecular complexity index is 453. The summed E-state index contributed by atoms with van der Waals surface area (Å²) in [6, 6.07) is 10.2. The van der Waals surface area contributed by atoms with Crippen LogP contribution in [0.1, 0.15) is 45.2 Å². The highest BCUT2D eigenvalue weighted by atomic mass is 16.6. The highest BCUT2D eigenvalue weighted by molar-refractivity contribution is 5.69. The van der Waals surface area contributed by atoms with E-state index in [1.165, 1.54) is 0 Å². The predicted molar refractivity (Wildman–Crippen MR) is 79.3 cm³/mol. The van der Waals surface area contributed by atoms with E-state index in [4.69, 9.17) is 10.5 Å². The Morgan fingerprint density at radius 1 is 1.25 bits per heavy atom. The van der Waals surface area contributed by atoms with Crippen molar-refractivity contribution >= 4 is 6.09 Å². The van der Waals surface area contributed by atoms with E-state index in [9.17, 15) is 4.79 Å². The molecule has 1 aliphatic heterocycles. The van der Waals surface area contributed by atoms with Gasteiger partial charge in [-0.15, -0.1) is 0 Å². The van der Waals surface area contributed by atoms with Crippen LogP contribution in [0.4, 0.5) is 4.79 Å². The minimum Gasteiger partial charge on any atom is -0.444 e. The van der Waals surface area contributed by atoms with E-state index in [0.29, 0.717) is 6.54 Å². The molecule has 4 heteroatoms. The van der Waals surface area contributed by atoms with Crippen LogP contribution in [0, 0.1) is 0 Å². The lowest BCUT2D eigenvalue weighted by Crippen LogP contribution is -2.49. The third-order valence-corrected chi connectivity index (χ3v) is 3.43. The first kappa shape index (κ1) is 14.9. The number of nitrogens with two attached hydrogens (primary N) is 1. The lowest BCUT2D eigenvalue weighted by atomic mass is 9.93. The van der Waals surface area contributed by atoms with E-state index in [0.717, 1.165) is 18.4 Å². The summed E-state index contributed by atoms with van der Waals surface area (Å²) in [6.07, 6.45) is 1.53. The molecule has 20 heavy (non-hydrogen) atoms. The molecule has 0 radical (unpaired) electrons. The zero-order chi connectivity index (χ0) is 14.8. The number of carbonyl (C=O) groups is 1. The minimum atomic E-state index is -0.486. The second-order valence-corrected chi connectivity index (χ2v) is 6.40. The van der Waals surface area contributed by atoms with E-state index in [1.54, 1.807) is 4.90 Å². The van der Waals surface area contributed by atoms with Crippen molar-refractivity contribution in [3.63, 3.8) is 0 Å². The van der Waals surface area contributed by atoms with Crippen molar-refractivity contribution in [2.24, 2.45) is 5.73 Å². The van der Waals surface area contributed by atoms with Gasteiger partial charge in [-0.3, -0.25) is 4.90 Å². The van der Waals surface area contributed by atoms with Gasteiger partial charge in [0.05, 0.1) is 6.04 Å². The molecule has 1 aromatic rings. The second-order valence-electron chi connectivity index (χ2n) is 6.40. The summed E-state index contributed by atoms with van der Waals surface area (Å²) >= 11 is 0. The molecule has 1 aliphatic rings. The average Bonchev–Trinajstić information content (AvgIpc) is 2.37. The number of hydrogen-bond donors (Lipinski definition) is 1. The number of likely N-dealkylation sites (tertiary alicyclic amines) is 1. The molecular formula is C16H24N2O2. The zero-order valence-electron chi connectivity index (χ0n) is 12.5. The summed E-state index contributed by atoms with van der Waals surface area (Å²) < 4.78 is 5.51. The quantitative estimate of drug-likeness (QED) is 0.857. The number of piperidine rings is 1.